The Hall–Kier alpha value is -1.28. The number of nitrogens with zero attached hydrogens (tertiary/aromatic N) is 3. The Labute approximate surface area is 163 Å². The van der Waals surface area contributed by atoms with Gasteiger partial charge in [-0.3, -0.25) is 4.90 Å². The molecule has 2 heterocycles. The van der Waals surface area contributed by atoms with Crippen LogP contribution in [0.1, 0.15) is 17.4 Å². The Kier molecular flexibility index (Phi) is 7.13. The SMILES string of the molecule is COc1cc(Br)c(CN2CCNCC2c2nccn2C)cc1OC.Cl. The van der Waals surface area contributed by atoms with E-state index in [9.17, 15) is 0 Å². The molecule has 0 spiro atoms. The summed E-state index contributed by atoms with van der Waals surface area (Å²) in [7, 11) is 5.36. The van der Waals surface area contributed by atoms with E-state index in [0.717, 1.165) is 48.0 Å². The number of methoxy groups -OCH3 is 2. The second kappa shape index (κ2) is 8.89. The minimum absolute atomic E-state index is 0. The number of rotatable bonds is 5. The summed E-state index contributed by atoms with van der Waals surface area (Å²) in [6.07, 6.45) is 3.85. The number of aromatic nitrogens is 2. The number of imidazole rings is 1. The highest BCUT2D eigenvalue weighted by atomic mass is 79.9. The zero-order valence-corrected chi connectivity index (χ0v) is 17.1. The summed E-state index contributed by atoms with van der Waals surface area (Å²) in [6.45, 7) is 3.67. The van der Waals surface area contributed by atoms with Crippen molar-refractivity contribution < 1.29 is 9.47 Å². The lowest BCUT2D eigenvalue weighted by Gasteiger charge is -2.36. The number of nitrogens with one attached hydrogen (secondary N) is 1. The van der Waals surface area contributed by atoms with E-state index < -0.39 is 0 Å². The standard InChI is InChI=1S/C17H23BrN4O2.ClH/c1-21-6-5-20-17(21)14-10-19-4-7-22(14)11-12-8-15(23-2)16(24-3)9-13(12)18;/h5-6,8-9,14,19H,4,7,10-11H2,1-3H3;1H. The van der Waals surface area contributed by atoms with Gasteiger partial charge in [0, 0.05) is 50.1 Å². The summed E-state index contributed by atoms with van der Waals surface area (Å²) in [5.74, 6) is 2.56. The van der Waals surface area contributed by atoms with Crippen LogP contribution in [0.3, 0.4) is 0 Å². The predicted molar refractivity (Wildman–Crippen MR) is 104 cm³/mol. The highest BCUT2D eigenvalue weighted by molar-refractivity contribution is 9.10. The van der Waals surface area contributed by atoms with E-state index in [0.29, 0.717) is 0 Å². The molecule has 0 saturated carbocycles. The van der Waals surface area contributed by atoms with Crippen molar-refractivity contribution in [2.75, 3.05) is 33.9 Å². The molecule has 1 aliphatic rings. The quantitative estimate of drug-likeness (QED) is 0.789. The zero-order valence-electron chi connectivity index (χ0n) is 14.7. The van der Waals surface area contributed by atoms with Crippen LogP contribution in [-0.4, -0.2) is 48.3 Å². The summed E-state index contributed by atoms with van der Waals surface area (Å²) >= 11 is 3.66. The third kappa shape index (κ3) is 4.28. The van der Waals surface area contributed by atoms with Gasteiger partial charge in [0.15, 0.2) is 11.5 Å². The third-order valence-electron chi connectivity index (χ3n) is 4.44. The van der Waals surface area contributed by atoms with Crippen molar-refractivity contribution in [3.05, 3.63) is 40.4 Å². The van der Waals surface area contributed by atoms with Crippen molar-refractivity contribution in [2.24, 2.45) is 7.05 Å². The summed E-state index contributed by atoms with van der Waals surface area (Å²) in [5.41, 5.74) is 1.17. The van der Waals surface area contributed by atoms with Gasteiger partial charge >= 0.3 is 0 Å². The number of hydrogen-bond acceptors (Lipinski definition) is 5. The number of hydrogen-bond donors (Lipinski definition) is 1. The Bertz CT molecular complexity index is 710. The average molecular weight is 432 g/mol. The summed E-state index contributed by atoms with van der Waals surface area (Å²) in [4.78, 5) is 6.99. The van der Waals surface area contributed by atoms with Crippen LogP contribution < -0.4 is 14.8 Å². The first-order valence-corrected chi connectivity index (χ1v) is 8.75. The molecule has 1 aromatic heterocycles. The Morgan fingerprint density at radius 3 is 2.64 bits per heavy atom. The molecule has 1 aromatic carbocycles. The van der Waals surface area contributed by atoms with Gasteiger partial charge in [-0.2, -0.15) is 0 Å². The second-order valence-corrected chi connectivity index (χ2v) is 6.74. The van der Waals surface area contributed by atoms with Gasteiger partial charge in [0.25, 0.3) is 0 Å². The molecule has 1 N–H and O–H groups in total. The van der Waals surface area contributed by atoms with Crippen molar-refractivity contribution in [1.82, 2.24) is 19.8 Å². The Morgan fingerprint density at radius 1 is 1.28 bits per heavy atom. The largest absolute Gasteiger partial charge is 0.493 e. The van der Waals surface area contributed by atoms with E-state index in [4.69, 9.17) is 9.47 Å². The maximum Gasteiger partial charge on any atom is 0.161 e. The van der Waals surface area contributed by atoms with Crippen LogP contribution in [0, 0.1) is 0 Å². The summed E-state index contributed by atoms with van der Waals surface area (Å²) in [5, 5.41) is 3.47. The van der Waals surface area contributed by atoms with Gasteiger partial charge in [-0.05, 0) is 17.7 Å². The van der Waals surface area contributed by atoms with Crippen LogP contribution in [0.5, 0.6) is 11.5 Å². The van der Waals surface area contributed by atoms with Crippen molar-refractivity contribution in [1.29, 1.82) is 0 Å². The smallest absolute Gasteiger partial charge is 0.161 e. The number of aryl methyl sites for hydroxylation is 1. The van der Waals surface area contributed by atoms with Crippen LogP contribution in [0.4, 0.5) is 0 Å². The van der Waals surface area contributed by atoms with E-state index in [1.807, 2.05) is 31.6 Å². The zero-order chi connectivity index (χ0) is 17.1. The molecule has 0 radical (unpaired) electrons. The van der Waals surface area contributed by atoms with Crippen LogP contribution in [-0.2, 0) is 13.6 Å². The molecule has 0 bridgehead atoms. The molecule has 25 heavy (non-hydrogen) atoms. The van der Waals surface area contributed by atoms with Crippen LogP contribution in [0.25, 0.3) is 0 Å². The first-order chi connectivity index (χ1) is 11.6. The molecule has 1 aliphatic heterocycles. The number of halogens is 2. The van der Waals surface area contributed by atoms with Gasteiger partial charge in [0.2, 0.25) is 0 Å². The van der Waals surface area contributed by atoms with Crippen molar-refractivity contribution in [3.63, 3.8) is 0 Å². The molecule has 2 aromatic rings. The monoisotopic (exact) mass is 430 g/mol. The first kappa shape index (κ1) is 20.0. The maximum atomic E-state index is 5.45. The lowest BCUT2D eigenvalue weighted by atomic mass is 10.1. The Morgan fingerprint density at radius 2 is 2.00 bits per heavy atom. The average Bonchev–Trinajstić information content (AvgIpc) is 3.02. The fourth-order valence-corrected chi connectivity index (χ4v) is 3.57. The number of piperazine rings is 1. The van der Waals surface area contributed by atoms with E-state index >= 15 is 0 Å². The number of benzene rings is 1. The van der Waals surface area contributed by atoms with Crippen molar-refractivity contribution in [2.45, 2.75) is 12.6 Å². The number of ether oxygens (including phenoxy) is 2. The van der Waals surface area contributed by atoms with Crippen molar-refractivity contribution >= 4 is 28.3 Å². The van der Waals surface area contributed by atoms with E-state index in [2.05, 4.69) is 35.7 Å². The minimum atomic E-state index is 0. The van der Waals surface area contributed by atoms with Gasteiger partial charge in [0.05, 0.1) is 20.3 Å². The van der Waals surface area contributed by atoms with Crippen molar-refractivity contribution in [3.8, 4) is 11.5 Å². The van der Waals surface area contributed by atoms with Gasteiger partial charge < -0.3 is 19.4 Å². The molecule has 8 heteroatoms. The lowest BCUT2D eigenvalue weighted by molar-refractivity contribution is 0.144. The van der Waals surface area contributed by atoms with Crippen LogP contribution in [0.15, 0.2) is 29.0 Å². The Balaban J connectivity index is 0.00000225. The van der Waals surface area contributed by atoms with Gasteiger partial charge in [-0.1, -0.05) is 15.9 Å². The maximum absolute atomic E-state index is 5.45. The molecule has 0 aliphatic carbocycles. The van der Waals surface area contributed by atoms with Gasteiger partial charge in [-0.25, -0.2) is 4.98 Å². The van der Waals surface area contributed by atoms with Gasteiger partial charge in [-0.15, -0.1) is 12.4 Å². The molecule has 1 unspecified atom stereocenters. The fourth-order valence-electron chi connectivity index (χ4n) is 3.12. The molecular formula is C17H24BrClN4O2. The highest BCUT2D eigenvalue weighted by Crippen LogP contribution is 2.35. The molecule has 6 nitrogen and oxygen atoms in total. The topological polar surface area (TPSA) is 51.5 Å². The van der Waals surface area contributed by atoms with Crippen LogP contribution in [0.2, 0.25) is 0 Å². The van der Waals surface area contributed by atoms with E-state index in [1.54, 1.807) is 14.2 Å². The lowest BCUT2D eigenvalue weighted by Crippen LogP contribution is -2.46. The molecule has 1 fully saturated rings. The van der Waals surface area contributed by atoms with Crippen LogP contribution >= 0.6 is 28.3 Å². The summed E-state index contributed by atoms with van der Waals surface area (Å²) in [6, 6.07) is 4.26. The normalized spacial score (nSPS) is 17.8. The molecule has 138 valence electrons. The highest BCUT2D eigenvalue weighted by Gasteiger charge is 2.27. The third-order valence-corrected chi connectivity index (χ3v) is 5.17. The second-order valence-electron chi connectivity index (χ2n) is 5.89. The fraction of sp³-hybridized carbons (Fsp3) is 0.471. The molecule has 3 rings (SSSR count). The molecular weight excluding hydrogens is 408 g/mol. The molecule has 0 amide bonds. The summed E-state index contributed by atoms with van der Waals surface area (Å²) < 4.78 is 13.9. The first-order valence-electron chi connectivity index (χ1n) is 7.96. The van der Waals surface area contributed by atoms with E-state index in [-0.39, 0.29) is 18.4 Å². The van der Waals surface area contributed by atoms with Gasteiger partial charge in [0.1, 0.15) is 5.82 Å². The molecule has 1 atom stereocenters. The predicted octanol–water partition coefficient (Wildman–Crippen LogP) is 2.77. The molecule has 1 saturated heterocycles. The minimum Gasteiger partial charge on any atom is -0.493 e. The van der Waals surface area contributed by atoms with E-state index in [1.165, 1.54) is 5.56 Å².